The lowest BCUT2D eigenvalue weighted by Gasteiger charge is -2.08. The quantitative estimate of drug-likeness (QED) is 0.891. The lowest BCUT2D eigenvalue weighted by molar-refractivity contribution is -0.137. The maximum atomic E-state index is 11.1. The minimum absolute atomic E-state index is 0.0468. The molecule has 0 spiro atoms. The highest BCUT2D eigenvalue weighted by Crippen LogP contribution is 2.29. The van der Waals surface area contributed by atoms with Crippen LogP contribution in [0.3, 0.4) is 0 Å². The van der Waals surface area contributed by atoms with Crippen LogP contribution in [0, 0.1) is 0 Å². The van der Waals surface area contributed by atoms with Crippen molar-refractivity contribution in [2.45, 2.75) is 19.3 Å². The summed E-state index contributed by atoms with van der Waals surface area (Å²) in [7, 11) is 0. The van der Waals surface area contributed by atoms with Crippen molar-refractivity contribution < 1.29 is 14.3 Å². The van der Waals surface area contributed by atoms with E-state index in [4.69, 9.17) is 9.52 Å². The number of hydrogen-bond donors (Lipinski definition) is 1. The lowest BCUT2D eigenvalue weighted by atomic mass is 9.98. The second-order valence-electron chi connectivity index (χ2n) is 3.63. The fourth-order valence-electron chi connectivity index (χ4n) is 1.68. The summed E-state index contributed by atoms with van der Waals surface area (Å²) in [6.07, 6.45) is 0.0468. The molecule has 0 radical (unpaired) electrons. The van der Waals surface area contributed by atoms with Crippen molar-refractivity contribution >= 4 is 27.6 Å². The molecule has 0 bridgehead atoms. The summed E-state index contributed by atoms with van der Waals surface area (Å²) in [5, 5.41) is 8.74. The van der Waals surface area contributed by atoms with Crippen molar-refractivity contribution in [3.8, 4) is 0 Å². The highest BCUT2D eigenvalue weighted by molar-refractivity contribution is 7.16. The third-order valence-corrected chi connectivity index (χ3v) is 3.29. The summed E-state index contributed by atoms with van der Waals surface area (Å²) in [5.41, 5.74) is 1.39. The minimum Gasteiger partial charge on any atom is -0.481 e. The second kappa shape index (κ2) is 4.09. The zero-order valence-corrected chi connectivity index (χ0v) is 9.41. The molecule has 0 aliphatic carbocycles. The van der Waals surface area contributed by atoms with Gasteiger partial charge in [0.2, 0.25) is 0 Å². The van der Waals surface area contributed by atoms with E-state index in [9.17, 15) is 9.59 Å². The second-order valence-corrected chi connectivity index (χ2v) is 4.57. The Morgan fingerprint density at radius 1 is 1.56 bits per heavy atom. The molecule has 2 aromatic rings. The first kappa shape index (κ1) is 10.9. The Bertz CT molecular complexity index is 581. The topological polar surface area (TPSA) is 67.5 Å². The number of benzene rings is 1. The molecular weight excluding hydrogens is 228 g/mol. The van der Waals surface area contributed by atoms with Crippen LogP contribution < -0.4 is 4.94 Å². The van der Waals surface area contributed by atoms with Gasteiger partial charge in [-0.25, -0.2) is 4.79 Å². The molecule has 0 saturated heterocycles. The summed E-state index contributed by atoms with van der Waals surface area (Å²) < 4.78 is 5.73. The molecule has 4 nitrogen and oxygen atoms in total. The number of hydrogen-bond acceptors (Lipinski definition) is 4. The minimum atomic E-state index is -0.847. The van der Waals surface area contributed by atoms with Crippen molar-refractivity contribution in [3.63, 3.8) is 0 Å². The van der Waals surface area contributed by atoms with E-state index in [1.165, 1.54) is 0 Å². The van der Waals surface area contributed by atoms with Crippen LogP contribution in [0.2, 0.25) is 0 Å². The van der Waals surface area contributed by atoms with Crippen LogP contribution in [0.5, 0.6) is 0 Å². The zero-order valence-electron chi connectivity index (χ0n) is 8.60. The maximum Gasteiger partial charge on any atom is 0.396 e. The Hall–Kier alpha value is -1.62. The normalized spacial score (nSPS) is 12.8. The molecular formula is C11H10O4S. The highest BCUT2D eigenvalue weighted by atomic mass is 32.1. The van der Waals surface area contributed by atoms with Crippen molar-refractivity contribution in [2.24, 2.45) is 0 Å². The Morgan fingerprint density at radius 2 is 2.31 bits per heavy atom. The molecule has 0 aliphatic rings. The van der Waals surface area contributed by atoms with Gasteiger partial charge in [-0.1, -0.05) is 30.4 Å². The highest BCUT2D eigenvalue weighted by Gasteiger charge is 2.15. The maximum absolute atomic E-state index is 11.1. The van der Waals surface area contributed by atoms with Gasteiger partial charge in [-0.2, -0.15) is 0 Å². The first-order valence-corrected chi connectivity index (χ1v) is 5.64. The van der Waals surface area contributed by atoms with E-state index < -0.39 is 5.97 Å². The molecule has 1 aromatic carbocycles. The van der Waals surface area contributed by atoms with E-state index >= 15 is 0 Å². The van der Waals surface area contributed by atoms with Crippen LogP contribution in [0.1, 0.15) is 24.8 Å². The van der Waals surface area contributed by atoms with E-state index in [0.29, 0.717) is 5.58 Å². The number of fused-ring (bicyclic) bond motifs is 1. The van der Waals surface area contributed by atoms with Gasteiger partial charge in [0.1, 0.15) is 5.58 Å². The summed E-state index contributed by atoms with van der Waals surface area (Å²) in [4.78, 5) is 21.4. The SMILES string of the molecule is CC(CC(=O)O)c1cccc2oc(=O)sc12. The standard InChI is InChI=1S/C11H10O4S/c1-6(5-9(12)13)7-3-2-4-8-10(7)16-11(14)15-8/h2-4,6H,5H2,1H3,(H,12,13). The fourth-order valence-corrected chi connectivity index (χ4v) is 2.57. The van der Waals surface area contributed by atoms with Gasteiger partial charge >= 0.3 is 10.9 Å². The molecule has 0 aliphatic heterocycles. The summed E-state index contributed by atoms with van der Waals surface area (Å²) in [6.45, 7) is 1.83. The number of carbonyl (C=O) groups is 1. The summed E-state index contributed by atoms with van der Waals surface area (Å²) >= 11 is 1.02. The monoisotopic (exact) mass is 238 g/mol. The third-order valence-electron chi connectivity index (χ3n) is 2.40. The van der Waals surface area contributed by atoms with Crippen LogP contribution in [0.15, 0.2) is 27.4 Å². The molecule has 1 atom stereocenters. The number of rotatable bonds is 3. The molecule has 16 heavy (non-hydrogen) atoms. The first-order chi connectivity index (χ1) is 7.58. The largest absolute Gasteiger partial charge is 0.481 e. The van der Waals surface area contributed by atoms with E-state index in [1.807, 2.05) is 13.0 Å². The Labute approximate surface area is 95.1 Å². The molecule has 84 valence electrons. The van der Waals surface area contributed by atoms with Gasteiger partial charge in [-0.3, -0.25) is 4.79 Å². The number of aliphatic carboxylic acids is 1. The van der Waals surface area contributed by atoms with Crippen molar-refractivity contribution in [1.29, 1.82) is 0 Å². The predicted octanol–water partition coefficient (Wildman–Crippen LogP) is 2.43. The van der Waals surface area contributed by atoms with Gasteiger partial charge in [0.15, 0.2) is 0 Å². The average Bonchev–Trinajstić information content (AvgIpc) is 2.55. The molecule has 5 heteroatoms. The van der Waals surface area contributed by atoms with Crippen molar-refractivity contribution in [2.75, 3.05) is 0 Å². The molecule has 1 aromatic heterocycles. The first-order valence-electron chi connectivity index (χ1n) is 4.82. The van der Waals surface area contributed by atoms with Crippen molar-refractivity contribution in [1.82, 2.24) is 0 Å². The number of carboxylic acids is 1. The Balaban J connectivity index is 2.51. The lowest BCUT2D eigenvalue weighted by Crippen LogP contribution is -2.02. The van der Waals surface area contributed by atoms with Gasteiger partial charge in [-0.05, 0) is 17.5 Å². The molecule has 0 saturated carbocycles. The van der Waals surface area contributed by atoms with Crippen LogP contribution in [-0.2, 0) is 4.79 Å². The molecule has 0 fully saturated rings. The van der Waals surface area contributed by atoms with Crippen molar-refractivity contribution in [3.05, 3.63) is 33.5 Å². The number of carboxylic acid groups (broad SMARTS) is 1. The summed E-state index contributed by atoms with van der Waals surface area (Å²) in [5.74, 6) is -0.977. The molecule has 1 N–H and O–H groups in total. The van der Waals surface area contributed by atoms with E-state index in [1.54, 1.807) is 12.1 Å². The average molecular weight is 238 g/mol. The molecule has 1 unspecified atom stereocenters. The van der Waals surface area contributed by atoms with Gasteiger partial charge < -0.3 is 9.52 Å². The smallest absolute Gasteiger partial charge is 0.396 e. The van der Waals surface area contributed by atoms with Crippen LogP contribution in [0.25, 0.3) is 10.3 Å². The molecule has 0 amide bonds. The van der Waals surface area contributed by atoms with E-state index in [2.05, 4.69) is 0 Å². The van der Waals surface area contributed by atoms with Crippen LogP contribution in [0.4, 0.5) is 0 Å². The van der Waals surface area contributed by atoms with E-state index in [-0.39, 0.29) is 17.3 Å². The zero-order chi connectivity index (χ0) is 11.7. The third kappa shape index (κ3) is 1.99. The summed E-state index contributed by atoms with van der Waals surface area (Å²) in [6, 6.07) is 5.32. The van der Waals surface area contributed by atoms with Gasteiger partial charge in [0.05, 0.1) is 11.1 Å². The van der Waals surface area contributed by atoms with Gasteiger partial charge in [0, 0.05) is 0 Å². The molecule has 2 rings (SSSR count). The van der Waals surface area contributed by atoms with Crippen LogP contribution >= 0.6 is 11.3 Å². The van der Waals surface area contributed by atoms with Gasteiger partial charge in [0.25, 0.3) is 0 Å². The Kier molecular flexibility index (Phi) is 2.78. The molecule has 1 heterocycles. The fraction of sp³-hybridized carbons (Fsp3) is 0.273. The van der Waals surface area contributed by atoms with Crippen LogP contribution in [-0.4, -0.2) is 11.1 Å². The Morgan fingerprint density at radius 3 is 3.00 bits per heavy atom. The predicted molar refractivity (Wildman–Crippen MR) is 61.0 cm³/mol. The van der Waals surface area contributed by atoms with Gasteiger partial charge in [-0.15, -0.1) is 0 Å². The van der Waals surface area contributed by atoms with E-state index in [0.717, 1.165) is 21.6 Å².